The molecular weight excluding hydrogens is 306 g/mol. The summed E-state index contributed by atoms with van der Waals surface area (Å²) in [5.41, 5.74) is 2.69. The third kappa shape index (κ3) is 4.22. The molecule has 2 heterocycles. The molecule has 5 heteroatoms. The Morgan fingerprint density at radius 3 is 2.96 bits per heavy atom. The standard InChI is InChI=1S/C18H27N3OS/c1-15-7-8-16-5-2-3-6-17(16)21(15)18(23)19-9-4-10-20-11-13-22-14-12-20/h2-3,5-6,15H,4,7-14H2,1H3,(H,19,23)/p+1/t15-/m1/s1. The van der Waals surface area contributed by atoms with E-state index < -0.39 is 0 Å². The lowest BCUT2D eigenvalue weighted by Gasteiger charge is -2.37. The summed E-state index contributed by atoms with van der Waals surface area (Å²) in [5.74, 6) is 0. The van der Waals surface area contributed by atoms with Gasteiger partial charge >= 0.3 is 0 Å². The molecule has 1 atom stereocenters. The smallest absolute Gasteiger partial charge is 0.173 e. The summed E-state index contributed by atoms with van der Waals surface area (Å²) in [6.45, 7) is 8.51. The van der Waals surface area contributed by atoms with E-state index >= 15 is 0 Å². The maximum absolute atomic E-state index is 5.69. The van der Waals surface area contributed by atoms with Gasteiger partial charge in [-0.05, 0) is 43.6 Å². The summed E-state index contributed by atoms with van der Waals surface area (Å²) >= 11 is 5.69. The van der Waals surface area contributed by atoms with Crippen LogP contribution in [0.15, 0.2) is 24.3 Å². The summed E-state index contributed by atoms with van der Waals surface area (Å²) in [6, 6.07) is 9.10. The molecule has 0 aromatic heterocycles. The minimum atomic E-state index is 0.467. The van der Waals surface area contributed by atoms with Gasteiger partial charge in [-0.3, -0.25) is 0 Å². The van der Waals surface area contributed by atoms with Crippen LogP contribution >= 0.6 is 12.2 Å². The average Bonchev–Trinajstić information content (AvgIpc) is 2.59. The molecule has 2 aliphatic rings. The van der Waals surface area contributed by atoms with Crippen LogP contribution in [0.3, 0.4) is 0 Å². The highest BCUT2D eigenvalue weighted by Crippen LogP contribution is 2.30. The summed E-state index contributed by atoms with van der Waals surface area (Å²) in [4.78, 5) is 3.95. The minimum Gasteiger partial charge on any atom is -0.370 e. The van der Waals surface area contributed by atoms with Gasteiger partial charge in [0, 0.05) is 24.7 Å². The van der Waals surface area contributed by atoms with Gasteiger partial charge in [0.1, 0.15) is 13.1 Å². The van der Waals surface area contributed by atoms with E-state index in [0.29, 0.717) is 6.04 Å². The van der Waals surface area contributed by atoms with Gasteiger partial charge in [-0.1, -0.05) is 18.2 Å². The summed E-state index contributed by atoms with van der Waals surface area (Å²) in [6.07, 6.45) is 3.47. The molecule has 0 saturated carbocycles. The lowest BCUT2D eigenvalue weighted by atomic mass is 9.97. The Morgan fingerprint density at radius 1 is 1.35 bits per heavy atom. The molecule has 0 radical (unpaired) electrons. The van der Waals surface area contributed by atoms with Crippen LogP contribution in [0.2, 0.25) is 0 Å². The fourth-order valence-electron chi connectivity index (χ4n) is 3.53. The van der Waals surface area contributed by atoms with Crippen molar-refractivity contribution in [2.45, 2.75) is 32.2 Å². The third-order valence-corrected chi connectivity index (χ3v) is 5.27. The first-order valence-electron chi connectivity index (χ1n) is 8.82. The van der Waals surface area contributed by atoms with Gasteiger partial charge in [0.25, 0.3) is 0 Å². The number of para-hydroxylation sites is 1. The van der Waals surface area contributed by atoms with Crippen LogP contribution in [0.5, 0.6) is 0 Å². The van der Waals surface area contributed by atoms with E-state index in [0.717, 1.165) is 57.2 Å². The number of nitrogens with one attached hydrogen (secondary N) is 2. The van der Waals surface area contributed by atoms with Crippen molar-refractivity contribution >= 4 is 23.0 Å². The Balaban J connectivity index is 1.49. The summed E-state index contributed by atoms with van der Waals surface area (Å²) in [7, 11) is 0. The molecule has 3 rings (SSSR count). The van der Waals surface area contributed by atoms with Crippen molar-refractivity contribution < 1.29 is 9.64 Å². The average molecular weight is 335 g/mol. The fraction of sp³-hybridized carbons (Fsp3) is 0.611. The number of thiocarbonyl (C=S) groups is 1. The van der Waals surface area contributed by atoms with Crippen molar-refractivity contribution in [3.05, 3.63) is 29.8 Å². The van der Waals surface area contributed by atoms with Crippen LogP contribution < -0.4 is 15.1 Å². The first-order chi connectivity index (χ1) is 11.3. The van der Waals surface area contributed by atoms with E-state index in [2.05, 4.69) is 41.4 Å². The van der Waals surface area contributed by atoms with Crippen LogP contribution in [0, 0.1) is 0 Å². The highest BCUT2D eigenvalue weighted by molar-refractivity contribution is 7.80. The maximum Gasteiger partial charge on any atom is 0.173 e. The molecule has 2 N–H and O–H groups in total. The van der Waals surface area contributed by atoms with E-state index in [9.17, 15) is 0 Å². The number of ether oxygens (including phenoxy) is 1. The second-order valence-corrected chi connectivity index (χ2v) is 6.97. The Kier molecular flexibility index (Phi) is 5.86. The van der Waals surface area contributed by atoms with E-state index in [1.165, 1.54) is 17.8 Å². The van der Waals surface area contributed by atoms with Crippen LogP contribution in [0.4, 0.5) is 5.69 Å². The van der Waals surface area contributed by atoms with Crippen molar-refractivity contribution in [1.82, 2.24) is 5.32 Å². The Morgan fingerprint density at radius 2 is 2.13 bits per heavy atom. The molecule has 1 saturated heterocycles. The predicted molar refractivity (Wildman–Crippen MR) is 98.3 cm³/mol. The molecule has 23 heavy (non-hydrogen) atoms. The van der Waals surface area contributed by atoms with Crippen molar-refractivity contribution in [3.63, 3.8) is 0 Å². The van der Waals surface area contributed by atoms with Crippen molar-refractivity contribution in [3.8, 4) is 0 Å². The number of hydrogen-bond donors (Lipinski definition) is 2. The van der Waals surface area contributed by atoms with Gasteiger partial charge in [-0.2, -0.15) is 0 Å². The van der Waals surface area contributed by atoms with Crippen LogP contribution in [-0.4, -0.2) is 50.5 Å². The number of anilines is 1. The topological polar surface area (TPSA) is 28.9 Å². The molecule has 126 valence electrons. The normalized spacial score (nSPS) is 21.8. The molecule has 1 aromatic rings. The quantitative estimate of drug-likeness (QED) is 0.635. The van der Waals surface area contributed by atoms with Crippen LogP contribution in [0.25, 0.3) is 0 Å². The largest absolute Gasteiger partial charge is 0.370 e. The number of rotatable bonds is 4. The van der Waals surface area contributed by atoms with E-state index in [4.69, 9.17) is 17.0 Å². The van der Waals surface area contributed by atoms with E-state index in [1.54, 1.807) is 4.90 Å². The molecular formula is C18H28N3OS+. The molecule has 1 fully saturated rings. The number of hydrogen-bond acceptors (Lipinski definition) is 2. The Labute approximate surface area is 144 Å². The zero-order chi connectivity index (χ0) is 16.1. The molecule has 2 aliphatic heterocycles. The molecule has 4 nitrogen and oxygen atoms in total. The van der Waals surface area contributed by atoms with Gasteiger partial charge in [-0.15, -0.1) is 0 Å². The Hall–Kier alpha value is -1.17. The SMILES string of the molecule is C[C@@H]1CCc2ccccc2N1C(=S)NCCC[NH+]1CCOCC1. The third-order valence-electron chi connectivity index (χ3n) is 4.93. The molecule has 0 spiro atoms. The van der Waals surface area contributed by atoms with E-state index in [-0.39, 0.29) is 0 Å². The molecule has 0 aliphatic carbocycles. The number of aryl methyl sites for hydroxylation is 1. The van der Waals surface area contributed by atoms with Gasteiger partial charge in [0.05, 0.1) is 19.8 Å². The minimum absolute atomic E-state index is 0.467. The molecule has 0 bridgehead atoms. The zero-order valence-electron chi connectivity index (χ0n) is 14.0. The first kappa shape index (κ1) is 16.7. The highest BCUT2D eigenvalue weighted by Gasteiger charge is 2.25. The zero-order valence-corrected chi connectivity index (χ0v) is 14.8. The number of benzene rings is 1. The first-order valence-corrected chi connectivity index (χ1v) is 9.23. The number of morpholine rings is 1. The van der Waals surface area contributed by atoms with Crippen LogP contribution in [-0.2, 0) is 11.2 Å². The molecule has 0 amide bonds. The Bertz CT molecular complexity index is 531. The molecule has 0 unspecified atom stereocenters. The van der Waals surface area contributed by atoms with Crippen molar-refractivity contribution in [2.24, 2.45) is 0 Å². The number of quaternary nitrogens is 1. The second kappa shape index (κ2) is 8.08. The second-order valence-electron chi connectivity index (χ2n) is 6.58. The van der Waals surface area contributed by atoms with Crippen molar-refractivity contribution in [2.75, 3.05) is 44.3 Å². The van der Waals surface area contributed by atoms with Crippen molar-refractivity contribution in [1.29, 1.82) is 0 Å². The van der Waals surface area contributed by atoms with Crippen LogP contribution in [0.1, 0.15) is 25.3 Å². The van der Waals surface area contributed by atoms with Gasteiger partial charge in [-0.25, -0.2) is 0 Å². The van der Waals surface area contributed by atoms with E-state index in [1.807, 2.05) is 0 Å². The summed E-state index contributed by atoms with van der Waals surface area (Å²) < 4.78 is 5.40. The van der Waals surface area contributed by atoms with Gasteiger partial charge in [0.2, 0.25) is 0 Å². The van der Waals surface area contributed by atoms with Gasteiger partial charge < -0.3 is 19.9 Å². The monoisotopic (exact) mass is 334 g/mol. The maximum atomic E-state index is 5.69. The lowest BCUT2D eigenvalue weighted by Crippen LogP contribution is -3.14. The fourth-order valence-corrected chi connectivity index (χ4v) is 3.91. The number of fused-ring (bicyclic) bond motifs is 1. The predicted octanol–water partition coefficient (Wildman–Crippen LogP) is 1.01. The van der Waals surface area contributed by atoms with Gasteiger partial charge in [0.15, 0.2) is 5.11 Å². The molecule has 1 aromatic carbocycles. The summed E-state index contributed by atoms with van der Waals surface area (Å²) in [5, 5.41) is 4.35. The lowest BCUT2D eigenvalue weighted by molar-refractivity contribution is -0.908. The highest BCUT2D eigenvalue weighted by atomic mass is 32.1. The number of nitrogens with zero attached hydrogens (tertiary/aromatic N) is 1.